The number of hydrogen-bond acceptors (Lipinski definition) is 1. The van der Waals surface area contributed by atoms with Crippen molar-refractivity contribution >= 4 is 0 Å². The van der Waals surface area contributed by atoms with E-state index in [0.717, 1.165) is 17.8 Å². The molecule has 0 heterocycles. The van der Waals surface area contributed by atoms with Crippen molar-refractivity contribution in [2.24, 2.45) is 23.7 Å². The molecule has 130 valence electrons. The highest BCUT2D eigenvalue weighted by molar-refractivity contribution is 4.93. The molecule has 0 saturated heterocycles. The zero-order valence-electron chi connectivity index (χ0n) is 15.3. The van der Waals surface area contributed by atoms with E-state index in [1.807, 2.05) is 0 Å². The summed E-state index contributed by atoms with van der Waals surface area (Å²) in [6, 6.07) is 2.47. The average molecular weight is 316 g/mol. The SMILES string of the molecule is CCCCCCC/C=C/[C@H]1CC[C@H](C2CCC(C#N)CC2)CC1. The van der Waals surface area contributed by atoms with Crippen LogP contribution in [0.4, 0.5) is 0 Å². The summed E-state index contributed by atoms with van der Waals surface area (Å²) in [5.41, 5.74) is 0. The van der Waals surface area contributed by atoms with Gasteiger partial charge in [-0.15, -0.1) is 0 Å². The van der Waals surface area contributed by atoms with Crippen LogP contribution in [0.2, 0.25) is 0 Å². The third-order valence-electron chi connectivity index (χ3n) is 6.32. The van der Waals surface area contributed by atoms with Gasteiger partial charge in [0, 0.05) is 5.92 Å². The second-order valence-electron chi connectivity index (χ2n) is 8.05. The Balaban J connectivity index is 1.56. The smallest absolute Gasteiger partial charge is 0.0655 e. The monoisotopic (exact) mass is 315 g/mol. The summed E-state index contributed by atoms with van der Waals surface area (Å²) in [4.78, 5) is 0. The Bertz CT molecular complexity index is 362. The maximum atomic E-state index is 9.03. The number of hydrogen-bond donors (Lipinski definition) is 0. The Morgan fingerprint density at radius 3 is 2.04 bits per heavy atom. The van der Waals surface area contributed by atoms with Crippen LogP contribution in [0.3, 0.4) is 0 Å². The fourth-order valence-corrected chi connectivity index (χ4v) is 4.68. The van der Waals surface area contributed by atoms with Crippen molar-refractivity contribution < 1.29 is 0 Å². The van der Waals surface area contributed by atoms with Crippen molar-refractivity contribution in [3.63, 3.8) is 0 Å². The molecule has 23 heavy (non-hydrogen) atoms. The summed E-state index contributed by atoms with van der Waals surface area (Å²) in [5, 5.41) is 9.03. The van der Waals surface area contributed by atoms with Crippen LogP contribution in [0.1, 0.15) is 96.8 Å². The molecule has 2 aliphatic carbocycles. The van der Waals surface area contributed by atoms with Gasteiger partial charge in [-0.25, -0.2) is 0 Å². The Labute approximate surface area is 144 Å². The van der Waals surface area contributed by atoms with Gasteiger partial charge in [0.2, 0.25) is 0 Å². The van der Waals surface area contributed by atoms with Gasteiger partial charge in [0.25, 0.3) is 0 Å². The normalized spacial score (nSPS) is 32.0. The van der Waals surface area contributed by atoms with Crippen molar-refractivity contribution in [3.05, 3.63) is 12.2 Å². The summed E-state index contributed by atoms with van der Waals surface area (Å²) < 4.78 is 0. The molecular formula is C22H37N. The molecule has 2 fully saturated rings. The minimum Gasteiger partial charge on any atom is -0.198 e. The summed E-state index contributed by atoms with van der Waals surface area (Å²) in [5.74, 6) is 3.12. The van der Waals surface area contributed by atoms with Crippen LogP contribution in [-0.2, 0) is 0 Å². The predicted octanol–water partition coefficient (Wildman–Crippen LogP) is 7.04. The lowest BCUT2D eigenvalue weighted by atomic mass is 9.69. The molecule has 0 radical (unpaired) electrons. The van der Waals surface area contributed by atoms with Crippen LogP contribution in [0.25, 0.3) is 0 Å². The fourth-order valence-electron chi connectivity index (χ4n) is 4.68. The van der Waals surface area contributed by atoms with Gasteiger partial charge >= 0.3 is 0 Å². The van der Waals surface area contributed by atoms with Gasteiger partial charge in [-0.2, -0.15) is 5.26 Å². The first-order chi connectivity index (χ1) is 11.3. The lowest BCUT2D eigenvalue weighted by molar-refractivity contribution is 0.168. The molecule has 2 saturated carbocycles. The van der Waals surface area contributed by atoms with E-state index in [2.05, 4.69) is 25.1 Å². The fraction of sp³-hybridized carbons (Fsp3) is 0.864. The van der Waals surface area contributed by atoms with E-state index in [9.17, 15) is 0 Å². The van der Waals surface area contributed by atoms with Crippen LogP contribution in [0.5, 0.6) is 0 Å². The molecule has 0 N–H and O–H groups in total. The highest BCUT2D eigenvalue weighted by Gasteiger charge is 2.30. The van der Waals surface area contributed by atoms with E-state index >= 15 is 0 Å². The van der Waals surface area contributed by atoms with E-state index in [0.29, 0.717) is 5.92 Å². The third-order valence-corrected chi connectivity index (χ3v) is 6.32. The summed E-state index contributed by atoms with van der Waals surface area (Å²) in [7, 11) is 0. The van der Waals surface area contributed by atoms with Gasteiger partial charge in [-0.3, -0.25) is 0 Å². The van der Waals surface area contributed by atoms with Crippen molar-refractivity contribution in [1.82, 2.24) is 0 Å². The lowest BCUT2D eigenvalue weighted by Crippen LogP contribution is -2.25. The molecule has 0 aromatic carbocycles. The Kier molecular flexibility index (Phi) is 8.80. The molecule has 0 aromatic rings. The largest absolute Gasteiger partial charge is 0.198 e. The van der Waals surface area contributed by atoms with Crippen molar-refractivity contribution in [2.75, 3.05) is 0 Å². The first kappa shape index (κ1) is 18.6. The average Bonchev–Trinajstić information content (AvgIpc) is 2.61. The van der Waals surface area contributed by atoms with Crippen molar-refractivity contribution in [1.29, 1.82) is 5.26 Å². The Hall–Kier alpha value is -0.770. The molecule has 2 rings (SSSR count). The van der Waals surface area contributed by atoms with Gasteiger partial charge in [0.1, 0.15) is 0 Å². The van der Waals surface area contributed by atoms with Crippen LogP contribution < -0.4 is 0 Å². The standard InChI is InChI=1S/C22H37N/c1-2-3-4-5-6-7-8-9-19-10-14-21(15-11-19)22-16-12-20(18-23)13-17-22/h8-9,19-22H,2-7,10-17H2,1H3/b9-8+/t19-,20?,21-,22?. The van der Waals surface area contributed by atoms with Gasteiger partial charge in [-0.05, 0) is 82.0 Å². The predicted molar refractivity (Wildman–Crippen MR) is 99.0 cm³/mol. The highest BCUT2D eigenvalue weighted by atomic mass is 14.4. The van der Waals surface area contributed by atoms with E-state index in [1.165, 1.54) is 89.9 Å². The summed E-state index contributed by atoms with van der Waals surface area (Å²) >= 11 is 0. The van der Waals surface area contributed by atoms with E-state index in [1.54, 1.807) is 0 Å². The van der Waals surface area contributed by atoms with Gasteiger partial charge in [0.15, 0.2) is 0 Å². The maximum absolute atomic E-state index is 9.03. The second-order valence-corrected chi connectivity index (χ2v) is 8.05. The Morgan fingerprint density at radius 1 is 0.826 bits per heavy atom. The van der Waals surface area contributed by atoms with Crippen LogP contribution in [-0.4, -0.2) is 0 Å². The van der Waals surface area contributed by atoms with Crippen molar-refractivity contribution in [2.45, 2.75) is 96.8 Å². The summed E-state index contributed by atoms with van der Waals surface area (Å²) in [6.07, 6.45) is 23.9. The number of nitrogens with zero attached hydrogens (tertiary/aromatic N) is 1. The number of nitriles is 1. The molecule has 1 heteroatoms. The van der Waals surface area contributed by atoms with Crippen LogP contribution in [0.15, 0.2) is 12.2 Å². The van der Waals surface area contributed by atoms with Crippen LogP contribution >= 0.6 is 0 Å². The van der Waals surface area contributed by atoms with E-state index in [4.69, 9.17) is 5.26 Å². The molecule has 0 unspecified atom stereocenters. The number of rotatable bonds is 8. The molecule has 2 aliphatic rings. The minimum atomic E-state index is 0.364. The molecule has 0 spiro atoms. The molecular weight excluding hydrogens is 278 g/mol. The number of allylic oxidation sites excluding steroid dienone is 2. The highest BCUT2D eigenvalue weighted by Crippen LogP contribution is 2.41. The molecule has 0 atom stereocenters. The second kappa shape index (κ2) is 10.9. The van der Waals surface area contributed by atoms with Gasteiger partial charge in [0.05, 0.1) is 6.07 Å². The van der Waals surface area contributed by atoms with Crippen LogP contribution in [0, 0.1) is 35.0 Å². The molecule has 0 aromatic heterocycles. The maximum Gasteiger partial charge on any atom is 0.0655 e. The summed E-state index contributed by atoms with van der Waals surface area (Å²) in [6.45, 7) is 2.28. The van der Waals surface area contributed by atoms with Gasteiger partial charge < -0.3 is 0 Å². The van der Waals surface area contributed by atoms with E-state index in [-0.39, 0.29) is 0 Å². The van der Waals surface area contributed by atoms with Gasteiger partial charge in [-0.1, -0.05) is 44.8 Å². The Morgan fingerprint density at radius 2 is 1.43 bits per heavy atom. The molecule has 0 aliphatic heterocycles. The lowest BCUT2D eigenvalue weighted by Gasteiger charge is -2.36. The molecule has 0 bridgehead atoms. The van der Waals surface area contributed by atoms with Crippen molar-refractivity contribution in [3.8, 4) is 6.07 Å². The first-order valence-corrected chi connectivity index (χ1v) is 10.4. The zero-order valence-corrected chi connectivity index (χ0v) is 15.3. The molecule has 0 amide bonds. The molecule has 1 nitrogen and oxygen atoms in total. The topological polar surface area (TPSA) is 23.8 Å². The number of unbranched alkanes of at least 4 members (excludes halogenated alkanes) is 5. The third kappa shape index (κ3) is 6.70. The zero-order chi connectivity index (χ0) is 16.3. The minimum absolute atomic E-state index is 0.364. The quantitative estimate of drug-likeness (QED) is 0.348. The first-order valence-electron chi connectivity index (χ1n) is 10.4. The van der Waals surface area contributed by atoms with E-state index < -0.39 is 0 Å².